The van der Waals surface area contributed by atoms with Crippen molar-refractivity contribution in [2.24, 2.45) is 5.92 Å². The molecule has 0 saturated heterocycles. The Balaban J connectivity index is 3.26. The molecule has 9 nitrogen and oxygen atoms in total. The van der Waals surface area contributed by atoms with Crippen LogP contribution in [0.15, 0.2) is 24.3 Å². The molecule has 0 saturated carbocycles. The lowest BCUT2D eigenvalue weighted by Crippen LogP contribution is -2.54. The van der Waals surface area contributed by atoms with Crippen molar-refractivity contribution in [3.8, 4) is 0 Å². The van der Waals surface area contributed by atoms with Gasteiger partial charge in [0.05, 0.1) is 13.0 Å². The van der Waals surface area contributed by atoms with Crippen LogP contribution in [-0.2, 0) is 30.3 Å². The molecule has 0 aliphatic rings. The van der Waals surface area contributed by atoms with Gasteiger partial charge in [0, 0.05) is 13.1 Å². The zero-order chi connectivity index (χ0) is 27.5. The minimum absolute atomic E-state index is 0.0238. The summed E-state index contributed by atoms with van der Waals surface area (Å²) in [5, 5.41) is 5.44. The summed E-state index contributed by atoms with van der Waals surface area (Å²) in [7, 11) is 0. The highest BCUT2D eigenvalue weighted by Gasteiger charge is 2.36. The van der Waals surface area contributed by atoms with Crippen molar-refractivity contribution in [1.82, 2.24) is 15.5 Å². The van der Waals surface area contributed by atoms with E-state index >= 15 is 0 Å². The van der Waals surface area contributed by atoms with E-state index in [2.05, 4.69) is 10.6 Å². The van der Waals surface area contributed by atoms with Crippen LogP contribution in [0.2, 0.25) is 0 Å². The van der Waals surface area contributed by atoms with Crippen molar-refractivity contribution in [3.63, 3.8) is 0 Å². The van der Waals surface area contributed by atoms with Gasteiger partial charge in [0.25, 0.3) is 0 Å². The minimum Gasteiger partial charge on any atom is -0.466 e. The predicted molar refractivity (Wildman–Crippen MR) is 138 cm³/mol. The average molecular weight is 506 g/mol. The summed E-state index contributed by atoms with van der Waals surface area (Å²) in [6.07, 6.45) is 0.159. The minimum atomic E-state index is -0.947. The largest absolute Gasteiger partial charge is 0.466 e. The monoisotopic (exact) mass is 505 g/mol. The molecule has 9 heteroatoms. The van der Waals surface area contributed by atoms with Crippen LogP contribution in [0.4, 0.5) is 4.79 Å². The summed E-state index contributed by atoms with van der Waals surface area (Å²) in [4.78, 5) is 52.7. The maximum Gasteiger partial charge on any atom is 0.408 e. The van der Waals surface area contributed by atoms with Crippen molar-refractivity contribution in [3.05, 3.63) is 35.4 Å². The zero-order valence-electron chi connectivity index (χ0n) is 23.0. The van der Waals surface area contributed by atoms with Crippen molar-refractivity contribution < 1.29 is 28.7 Å². The molecular formula is C27H43N3O6. The van der Waals surface area contributed by atoms with Crippen molar-refractivity contribution in [1.29, 1.82) is 0 Å². The fraction of sp³-hybridized carbons (Fsp3) is 0.630. The number of alkyl carbamates (subject to hydrolysis) is 1. The van der Waals surface area contributed by atoms with E-state index in [1.165, 1.54) is 4.90 Å². The van der Waals surface area contributed by atoms with Crippen LogP contribution < -0.4 is 10.6 Å². The number of esters is 1. The Morgan fingerprint density at radius 3 is 2.08 bits per heavy atom. The Hall–Kier alpha value is -3.10. The maximum atomic E-state index is 13.7. The van der Waals surface area contributed by atoms with Gasteiger partial charge in [0.15, 0.2) is 0 Å². The summed E-state index contributed by atoms with van der Waals surface area (Å²) in [6, 6.07) is 5.66. The summed E-state index contributed by atoms with van der Waals surface area (Å²) in [5.41, 5.74) is 1.01. The number of rotatable bonds is 12. The van der Waals surface area contributed by atoms with Gasteiger partial charge in [-0.05, 0) is 58.1 Å². The molecule has 36 heavy (non-hydrogen) atoms. The zero-order valence-corrected chi connectivity index (χ0v) is 23.0. The molecule has 0 heterocycles. The van der Waals surface area contributed by atoms with Crippen molar-refractivity contribution >= 4 is 23.9 Å². The van der Waals surface area contributed by atoms with Gasteiger partial charge < -0.3 is 25.0 Å². The van der Waals surface area contributed by atoms with E-state index in [1.807, 2.05) is 45.0 Å². The van der Waals surface area contributed by atoms with E-state index in [1.54, 1.807) is 34.6 Å². The number of benzene rings is 1. The summed E-state index contributed by atoms with van der Waals surface area (Å²) >= 11 is 0. The Morgan fingerprint density at radius 2 is 1.61 bits per heavy atom. The molecule has 0 aliphatic heterocycles. The van der Waals surface area contributed by atoms with Crippen LogP contribution >= 0.6 is 0 Å². The topological polar surface area (TPSA) is 114 Å². The molecule has 2 N–H and O–H groups in total. The molecule has 2 unspecified atom stereocenters. The third-order valence-corrected chi connectivity index (χ3v) is 5.43. The molecule has 2 atom stereocenters. The number of nitrogens with one attached hydrogen (secondary N) is 2. The second-order valence-corrected chi connectivity index (χ2v) is 9.84. The number of carbonyl (C=O) groups excluding carboxylic acids is 4. The first-order valence-corrected chi connectivity index (χ1v) is 12.7. The highest BCUT2D eigenvalue weighted by Crippen LogP contribution is 2.24. The third kappa shape index (κ3) is 9.87. The third-order valence-electron chi connectivity index (χ3n) is 5.43. The van der Waals surface area contributed by atoms with Crippen molar-refractivity contribution in [2.45, 2.75) is 85.9 Å². The fourth-order valence-electron chi connectivity index (χ4n) is 3.62. The Labute approximate surface area is 215 Å². The maximum absolute atomic E-state index is 13.7. The lowest BCUT2D eigenvalue weighted by atomic mass is 9.98. The quantitative estimate of drug-likeness (QED) is 0.418. The standard InChI is InChI=1S/C27H43N3O6/c1-9-19-12-14-20(15-13-19)23(24(32)28-17-16-21(31)35-11-3)30(10-2)25(33)22(18(4)5)29-26(34)36-27(6,7)8/h12-15,18,22-23H,9-11,16-17H2,1-8H3,(H,28,32)(H,29,34). The second kappa shape index (κ2) is 14.5. The van der Waals surface area contributed by atoms with Crippen molar-refractivity contribution in [2.75, 3.05) is 19.7 Å². The summed E-state index contributed by atoms with van der Waals surface area (Å²) < 4.78 is 10.3. The van der Waals surface area contributed by atoms with Crippen LogP contribution in [0.1, 0.15) is 79.0 Å². The lowest BCUT2D eigenvalue weighted by molar-refractivity contribution is -0.144. The normalized spacial score (nSPS) is 12.9. The lowest BCUT2D eigenvalue weighted by Gasteiger charge is -2.35. The van der Waals surface area contributed by atoms with Gasteiger partial charge in [-0.3, -0.25) is 14.4 Å². The van der Waals surface area contributed by atoms with E-state index < -0.39 is 41.6 Å². The highest BCUT2D eigenvalue weighted by atomic mass is 16.6. The molecule has 0 aromatic heterocycles. The first-order chi connectivity index (χ1) is 16.8. The Bertz CT molecular complexity index is 876. The number of hydrogen-bond acceptors (Lipinski definition) is 6. The number of amides is 3. The average Bonchev–Trinajstić information content (AvgIpc) is 2.79. The smallest absolute Gasteiger partial charge is 0.408 e. The van der Waals surface area contributed by atoms with Crippen LogP contribution in [0.25, 0.3) is 0 Å². The van der Waals surface area contributed by atoms with Crippen LogP contribution in [0.5, 0.6) is 0 Å². The van der Waals surface area contributed by atoms with E-state index in [9.17, 15) is 19.2 Å². The molecule has 0 radical (unpaired) electrons. The molecule has 0 spiro atoms. The number of likely N-dealkylation sites (N-methyl/N-ethyl adjacent to an activating group) is 1. The Morgan fingerprint density at radius 1 is 1.00 bits per heavy atom. The highest BCUT2D eigenvalue weighted by molar-refractivity contribution is 5.92. The van der Waals surface area contributed by atoms with Crippen LogP contribution in [-0.4, -0.2) is 60.1 Å². The first kappa shape index (κ1) is 30.9. The number of hydrogen-bond donors (Lipinski definition) is 2. The van der Waals surface area contributed by atoms with Gasteiger partial charge in [-0.1, -0.05) is 45.0 Å². The van der Waals surface area contributed by atoms with E-state index in [-0.39, 0.29) is 32.0 Å². The van der Waals surface area contributed by atoms with Gasteiger partial charge in [0.1, 0.15) is 17.7 Å². The number of carbonyl (C=O) groups is 4. The fourth-order valence-corrected chi connectivity index (χ4v) is 3.62. The molecule has 1 aromatic rings. The van der Waals surface area contributed by atoms with Gasteiger partial charge in [-0.15, -0.1) is 0 Å². The van der Waals surface area contributed by atoms with Gasteiger partial charge in [0.2, 0.25) is 11.8 Å². The summed E-state index contributed by atoms with van der Waals surface area (Å²) in [6.45, 7) is 15.0. The Kier molecular flexibility index (Phi) is 12.4. The van der Waals surface area contributed by atoms with E-state index in [0.717, 1.165) is 12.0 Å². The number of nitrogens with zero attached hydrogens (tertiary/aromatic N) is 1. The van der Waals surface area contributed by atoms with Gasteiger partial charge in [-0.25, -0.2) is 4.79 Å². The van der Waals surface area contributed by atoms with Crippen LogP contribution in [0, 0.1) is 5.92 Å². The first-order valence-electron chi connectivity index (χ1n) is 12.7. The predicted octanol–water partition coefficient (Wildman–Crippen LogP) is 3.76. The molecule has 1 aromatic carbocycles. The molecule has 0 bridgehead atoms. The molecule has 202 valence electrons. The van der Waals surface area contributed by atoms with E-state index in [4.69, 9.17) is 9.47 Å². The second-order valence-electron chi connectivity index (χ2n) is 9.84. The molecule has 0 aliphatic carbocycles. The molecule has 0 fully saturated rings. The molecule has 3 amide bonds. The summed E-state index contributed by atoms with van der Waals surface area (Å²) in [5.74, 6) is -1.48. The van der Waals surface area contributed by atoms with Gasteiger partial charge >= 0.3 is 12.1 Å². The SMILES string of the molecule is CCOC(=O)CCNC(=O)C(c1ccc(CC)cc1)N(CC)C(=O)C(NC(=O)OC(C)(C)C)C(C)C. The van der Waals surface area contributed by atoms with Crippen LogP contribution in [0.3, 0.4) is 0 Å². The molecule has 1 rings (SSSR count). The van der Waals surface area contributed by atoms with Gasteiger partial charge in [-0.2, -0.15) is 0 Å². The number of ether oxygens (including phenoxy) is 2. The number of aryl methyl sites for hydroxylation is 1. The molecular weight excluding hydrogens is 462 g/mol. The van der Waals surface area contributed by atoms with E-state index in [0.29, 0.717) is 5.56 Å².